The Morgan fingerprint density at radius 2 is 1.86 bits per heavy atom. The van der Waals surface area contributed by atoms with E-state index in [1.165, 1.54) is 0 Å². The smallest absolute Gasteiger partial charge is 0.339 e. The maximum Gasteiger partial charge on any atom is 0.339 e. The molecule has 0 saturated heterocycles. The molecule has 1 N–H and O–H groups in total. The number of hydrogen-bond donors (Lipinski definition) is 1. The van der Waals surface area contributed by atoms with Crippen LogP contribution in [0.3, 0.4) is 0 Å². The Labute approximate surface area is 201 Å². The lowest BCUT2D eigenvalue weighted by atomic mass is 9.68. The van der Waals surface area contributed by atoms with Gasteiger partial charge in [-0.25, -0.2) is 18.0 Å². The molecule has 0 aliphatic heterocycles. The van der Waals surface area contributed by atoms with Gasteiger partial charge in [0.2, 0.25) is 0 Å². The number of hydrogen-bond acceptors (Lipinski definition) is 4. The Kier molecular flexibility index (Phi) is 6.83. The van der Waals surface area contributed by atoms with Gasteiger partial charge >= 0.3 is 5.97 Å². The number of benzene rings is 2. The van der Waals surface area contributed by atoms with Gasteiger partial charge in [-0.1, -0.05) is 45.4 Å². The molecule has 1 aliphatic carbocycles. The Morgan fingerprint density at radius 1 is 1.11 bits per heavy atom. The second-order valence-corrected chi connectivity index (χ2v) is 9.56. The number of anilines is 1. The third kappa shape index (κ3) is 4.88. The van der Waals surface area contributed by atoms with Crippen LogP contribution in [0.15, 0.2) is 36.4 Å². The SMILES string of the molecule is CCC(C)(C)C1CCc2nc3ccccc3c(C(=O)OCC(=O)Nc3ccc(F)c(F)c3F)c2C1. The van der Waals surface area contributed by atoms with Crippen molar-refractivity contribution in [1.29, 1.82) is 0 Å². The van der Waals surface area contributed by atoms with Crippen LogP contribution in [-0.2, 0) is 22.4 Å². The highest BCUT2D eigenvalue weighted by atomic mass is 19.2. The fourth-order valence-electron chi connectivity index (χ4n) is 4.59. The highest BCUT2D eigenvalue weighted by Gasteiger charge is 2.34. The maximum absolute atomic E-state index is 13.9. The number of carbonyl (C=O) groups excluding carboxylic acids is 2. The summed E-state index contributed by atoms with van der Waals surface area (Å²) in [4.78, 5) is 30.3. The molecule has 8 heteroatoms. The van der Waals surface area contributed by atoms with E-state index in [1.54, 1.807) is 6.07 Å². The quantitative estimate of drug-likeness (QED) is 0.345. The van der Waals surface area contributed by atoms with Gasteiger partial charge in [0.15, 0.2) is 24.1 Å². The summed E-state index contributed by atoms with van der Waals surface area (Å²) in [7, 11) is 0. The summed E-state index contributed by atoms with van der Waals surface area (Å²) in [6.45, 7) is 5.87. The first kappa shape index (κ1) is 24.7. The molecular weight excluding hydrogens is 457 g/mol. The summed E-state index contributed by atoms with van der Waals surface area (Å²) < 4.78 is 45.7. The van der Waals surface area contributed by atoms with Gasteiger partial charge in [-0.05, 0) is 54.4 Å². The molecule has 1 atom stereocenters. The van der Waals surface area contributed by atoms with Gasteiger partial charge in [0.25, 0.3) is 5.91 Å². The Morgan fingerprint density at radius 3 is 2.60 bits per heavy atom. The predicted octanol–water partition coefficient (Wildman–Crippen LogP) is 5.99. The number of pyridine rings is 1. The molecule has 2 aromatic carbocycles. The standard InChI is InChI=1S/C27H27F3N2O3/c1-4-27(2,3)15-9-11-20-17(13-15)23(16-7-5-6-8-19(16)31-20)26(34)35-14-22(33)32-21-12-10-18(28)24(29)25(21)30/h5-8,10,12,15H,4,9,11,13-14H2,1-3H3,(H,32,33). The number of ether oxygens (including phenoxy) is 1. The molecule has 1 aromatic heterocycles. The highest BCUT2D eigenvalue weighted by Crippen LogP contribution is 2.41. The lowest BCUT2D eigenvalue weighted by Gasteiger charge is -2.37. The lowest BCUT2D eigenvalue weighted by Crippen LogP contribution is -2.31. The van der Waals surface area contributed by atoms with Gasteiger partial charge in [0.05, 0.1) is 16.8 Å². The molecule has 0 saturated carbocycles. The summed E-state index contributed by atoms with van der Waals surface area (Å²) in [5.41, 5.74) is 2.28. The minimum absolute atomic E-state index is 0.0822. The van der Waals surface area contributed by atoms with Crippen molar-refractivity contribution >= 4 is 28.5 Å². The summed E-state index contributed by atoms with van der Waals surface area (Å²) in [6, 6.07) is 8.87. The summed E-state index contributed by atoms with van der Waals surface area (Å²) in [5.74, 6) is -5.79. The van der Waals surface area contributed by atoms with Crippen molar-refractivity contribution < 1.29 is 27.5 Å². The summed E-state index contributed by atoms with van der Waals surface area (Å²) in [5, 5.41) is 2.75. The molecule has 1 amide bonds. The number of aryl methyl sites for hydroxylation is 1. The number of fused-ring (bicyclic) bond motifs is 2. The summed E-state index contributed by atoms with van der Waals surface area (Å²) in [6.07, 6.45) is 3.37. The van der Waals surface area contributed by atoms with Gasteiger partial charge in [0.1, 0.15) is 0 Å². The molecule has 0 fully saturated rings. The topological polar surface area (TPSA) is 68.3 Å². The van der Waals surface area contributed by atoms with E-state index in [-0.39, 0.29) is 5.41 Å². The second kappa shape index (κ2) is 9.68. The molecule has 5 nitrogen and oxygen atoms in total. The van der Waals surface area contributed by atoms with Crippen LogP contribution >= 0.6 is 0 Å². The zero-order valence-corrected chi connectivity index (χ0v) is 19.9. The van der Waals surface area contributed by atoms with Crippen LogP contribution in [0.25, 0.3) is 10.9 Å². The van der Waals surface area contributed by atoms with E-state index in [0.717, 1.165) is 36.6 Å². The number of halogens is 3. The number of nitrogens with zero attached hydrogens (tertiary/aromatic N) is 1. The number of carbonyl (C=O) groups is 2. The Bertz CT molecular complexity index is 1310. The van der Waals surface area contributed by atoms with Crippen LogP contribution in [-0.4, -0.2) is 23.5 Å². The van der Waals surface area contributed by atoms with Gasteiger partial charge in [-0.15, -0.1) is 0 Å². The van der Waals surface area contributed by atoms with E-state index in [0.29, 0.717) is 34.9 Å². The van der Waals surface area contributed by atoms with Crippen molar-refractivity contribution in [3.05, 3.63) is 70.7 Å². The van der Waals surface area contributed by atoms with Crippen molar-refractivity contribution in [3.63, 3.8) is 0 Å². The van der Waals surface area contributed by atoms with Crippen molar-refractivity contribution in [2.24, 2.45) is 11.3 Å². The highest BCUT2D eigenvalue weighted by molar-refractivity contribution is 6.06. The first-order valence-electron chi connectivity index (χ1n) is 11.6. The van der Waals surface area contributed by atoms with Crippen molar-refractivity contribution in [3.8, 4) is 0 Å². The number of para-hydroxylation sites is 1. The molecule has 0 bridgehead atoms. The molecular formula is C27H27F3N2O3. The molecule has 35 heavy (non-hydrogen) atoms. The lowest BCUT2D eigenvalue weighted by molar-refractivity contribution is -0.119. The molecule has 0 radical (unpaired) electrons. The molecule has 4 rings (SSSR count). The third-order valence-electron chi connectivity index (χ3n) is 7.12. The number of aromatic nitrogens is 1. The van der Waals surface area contributed by atoms with E-state index >= 15 is 0 Å². The molecule has 0 spiro atoms. The van der Waals surface area contributed by atoms with Crippen molar-refractivity contribution in [2.45, 2.75) is 46.5 Å². The monoisotopic (exact) mass is 484 g/mol. The van der Waals surface area contributed by atoms with E-state index in [9.17, 15) is 22.8 Å². The van der Waals surface area contributed by atoms with Gasteiger partial charge in [-0.2, -0.15) is 0 Å². The second-order valence-electron chi connectivity index (χ2n) is 9.56. The van der Waals surface area contributed by atoms with E-state index in [2.05, 4.69) is 26.1 Å². The van der Waals surface area contributed by atoms with Crippen LogP contribution in [0, 0.1) is 28.8 Å². The molecule has 1 aliphatic rings. The third-order valence-corrected chi connectivity index (χ3v) is 7.12. The van der Waals surface area contributed by atoms with Crippen LogP contribution in [0.4, 0.5) is 18.9 Å². The first-order valence-corrected chi connectivity index (χ1v) is 11.6. The van der Waals surface area contributed by atoms with E-state index in [1.807, 2.05) is 18.2 Å². The molecule has 3 aromatic rings. The average molecular weight is 485 g/mol. The van der Waals surface area contributed by atoms with Crippen LogP contribution < -0.4 is 5.32 Å². The zero-order chi connectivity index (χ0) is 25.3. The normalized spacial score (nSPS) is 15.5. The van der Waals surface area contributed by atoms with Crippen LogP contribution in [0.2, 0.25) is 0 Å². The summed E-state index contributed by atoms with van der Waals surface area (Å²) >= 11 is 0. The molecule has 184 valence electrons. The van der Waals surface area contributed by atoms with E-state index in [4.69, 9.17) is 9.72 Å². The maximum atomic E-state index is 13.9. The Balaban J connectivity index is 1.59. The average Bonchev–Trinajstić information content (AvgIpc) is 2.85. The largest absolute Gasteiger partial charge is 0.452 e. The molecule has 1 heterocycles. The first-order chi connectivity index (χ1) is 16.6. The number of rotatable bonds is 6. The molecule has 1 unspecified atom stereocenters. The fourth-order valence-corrected chi connectivity index (χ4v) is 4.59. The minimum Gasteiger partial charge on any atom is -0.452 e. The van der Waals surface area contributed by atoms with Crippen molar-refractivity contribution in [1.82, 2.24) is 4.98 Å². The van der Waals surface area contributed by atoms with Gasteiger partial charge in [0, 0.05) is 11.1 Å². The number of nitrogens with one attached hydrogen (secondary N) is 1. The van der Waals surface area contributed by atoms with Crippen molar-refractivity contribution in [2.75, 3.05) is 11.9 Å². The number of amides is 1. The fraction of sp³-hybridized carbons (Fsp3) is 0.370. The zero-order valence-electron chi connectivity index (χ0n) is 19.9. The minimum atomic E-state index is -1.70. The van der Waals surface area contributed by atoms with E-state index < -0.39 is 41.6 Å². The number of esters is 1. The van der Waals surface area contributed by atoms with Crippen LogP contribution in [0.1, 0.15) is 55.2 Å². The van der Waals surface area contributed by atoms with Gasteiger partial charge in [-0.3, -0.25) is 9.78 Å². The van der Waals surface area contributed by atoms with Gasteiger partial charge < -0.3 is 10.1 Å². The van der Waals surface area contributed by atoms with Crippen LogP contribution in [0.5, 0.6) is 0 Å². The Hall–Kier alpha value is -3.42. The predicted molar refractivity (Wildman–Crippen MR) is 127 cm³/mol.